The molecule has 0 saturated carbocycles. The molecule has 58 valence electrons. The lowest BCUT2D eigenvalue weighted by Crippen LogP contribution is -2.24. The molecule has 1 aliphatic rings. The number of hydrogen-bond donors (Lipinski definition) is 1. The molecule has 0 unspecified atom stereocenters. The van der Waals surface area contributed by atoms with Gasteiger partial charge in [0.05, 0.1) is 17.2 Å². The average Bonchev–Trinajstić information content (AvgIpc) is 1.86. The molecule has 0 atom stereocenters. The number of oxime groups is 1. The summed E-state index contributed by atoms with van der Waals surface area (Å²) < 4.78 is 21.7. The molecule has 1 aliphatic heterocycles. The third-order valence-corrected chi connectivity index (χ3v) is 3.13. The molecule has 5 heteroatoms. The lowest BCUT2D eigenvalue weighted by atomic mass is 10.2. The lowest BCUT2D eigenvalue weighted by Gasteiger charge is -2.10. The van der Waals surface area contributed by atoms with Crippen molar-refractivity contribution in [2.45, 2.75) is 12.8 Å². The average molecular weight is 163 g/mol. The van der Waals surface area contributed by atoms with Crippen LogP contribution in [0.3, 0.4) is 0 Å². The predicted molar refractivity (Wildman–Crippen MR) is 37.1 cm³/mol. The molecule has 0 aromatic rings. The Hall–Kier alpha value is -0.580. The zero-order chi connectivity index (χ0) is 7.61. The summed E-state index contributed by atoms with van der Waals surface area (Å²) >= 11 is 0. The Balaban J connectivity index is 2.75. The summed E-state index contributed by atoms with van der Waals surface area (Å²) in [5.41, 5.74) is 0.381. The van der Waals surface area contributed by atoms with Gasteiger partial charge in [-0.3, -0.25) is 0 Å². The minimum Gasteiger partial charge on any atom is -0.411 e. The van der Waals surface area contributed by atoms with E-state index < -0.39 is 9.84 Å². The highest BCUT2D eigenvalue weighted by atomic mass is 32.2. The van der Waals surface area contributed by atoms with Crippen LogP contribution in [0.2, 0.25) is 0 Å². The molecular weight excluding hydrogens is 154 g/mol. The Bertz CT molecular complexity index is 242. The van der Waals surface area contributed by atoms with Gasteiger partial charge in [0.1, 0.15) is 0 Å². The second-order valence-electron chi connectivity index (χ2n) is 2.36. The van der Waals surface area contributed by atoms with E-state index in [4.69, 9.17) is 5.21 Å². The fourth-order valence-electron chi connectivity index (χ4n) is 0.973. The Morgan fingerprint density at radius 3 is 2.60 bits per heavy atom. The van der Waals surface area contributed by atoms with E-state index in [1.54, 1.807) is 0 Å². The van der Waals surface area contributed by atoms with Gasteiger partial charge in [-0.25, -0.2) is 8.42 Å². The highest BCUT2D eigenvalue weighted by Gasteiger charge is 2.20. The third-order valence-electron chi connectivity index (χ3n) is 1.45. The van der Waals surface area contributed by atoms with Crippen LogP contribution < -0.4 is 0 Å². The summed E-state index contributed by atoms with van der Waals surface area (Å²) in [6.45, 7) is 0. The Labute approximate surface area is 59.5 Å². The van der Waals surface area contributed by atoms with Crippen molar-refractivity contribution in [2.24, 2.45) is 5.16 Å². The molecule has 1 saturated heterocycles. The molecule has 0 bridgehead atoms. The van der Waals surface area contributed by atoms with Gasteiger partial charge in [-0.2, -0.15) is 0 Å². The standard InChI is InChI=1S/C5H9NO3S/c7-6-5-2-1-3-10(8,9)4-5/h7H,1-4H2/b6-5+. The molecule has 1 heterocycles. The Morgan fingerprint density at radius 1 is 1.50 bits per heavy atom. The monoisotopic (exact) mass is 163 g/mol. The molecule has 1 fully saturated rings. The Morgan fingerprint density at radius 2 is 2.20 bits per heavy atom. The van der Waals surface area contributed by atoms with Crippen molar-refractivity contribution in [2.75, 3.05) is 11.5 Å². The molecule has 4 nitrogen and oxygen atoms in total. The van der Waals surface area contributed by atoms with Crippen molar-refractivity contribution >= 4 is 15.5 Å². The topological polar surface area (TPSA) is 66.7 Å². The van der Waals surface area contributed by atoms with Crippen LogP contribution in [0.15, 0.2) is 5.16 Å². The summed E-state index contributed by atoms with van der Waals surface area (Å²) in [5.74, 6) is 0.162. The third kappa shape index (κ3) is 1.70. The second kappa shape index (κ2) is 2.57. The molecule has 0 aliphatic carbocycles. The van der Waals surface area contributed by atoms with Crippen molar-refractivity contribution in [3.63, 3.8) is 0 Å². The van der Waals surface area contributed by atoms with Gasteiger partial charge in [0.15, 0.2) is 9.84 Å². The van der Waals surface area contributed by atoms with Crippen molar-refractivity contribution < 1.29 is 13.6 Å². The van der Waals surface area contributed by atoms with Crippen LogP contribution in [0.25, 0.3) is 0 Å². The van der Waals surface area contributed by atoms with Crippen LogP contribution in [-0.4, -0.2) is 30.8 Å². The van der Waals surface area contributed by atoms with E-state index in [1.807, 2.05) is 0 Å². The lowest BCUT2D eigenvalue weighted by molar-refractivity contribution is 0.317. The van der Waals surface area contributed by atoms with E-state index in [2.05, 4.69) is 5.16 Å². The van der Waals surface area contributed by atoms with E-state index in [0.29, 0.717) is 18.6 Å². The summed E-state index contributed by atoms with van der Waals surface area (Å²) in [6.07, 6.45) is 1.19. The smallest absolute Gasteiger partial charge is 0.155 e. The summed E-state index contributed by atoms with van der Waals surface area (Å²) in [5, 5.41) is 11.1. The van der Waals surface area contributed by atoms with Gasteiger partial charge in [0, 0.05) is 0 Å². The zero-order valence-corrected chi connectivity index (χ0v) is 6.26. The van der Waals surface area contributed by atoms with Gasteiger partial charge in [-0.1, -0.05) is 5.16 Å². The largest absolute Gasteiger partial charge is 0.411 e. The van der Waals surface area contributed by atoms with Gasteiger partial charge in [-0.15, -0.1) is 0 Å². The molecule has 0 spiro atoms. The molecule has 0 amide bonds. The van der Waals surface area contributed by atoms with Crippen LogP contribution in [-0.2, 0) is 9.84 Å². The van der Waals surface area contributed by atoms with E-state index in [9.17, 15) is 8.42 Å². The van der Waals surface area contributed by atoms with Crippen molar-refractivity contribution in [3.8, 4) is 0 Å². The maximum atomic E-state index is 10.8. The fourth-order valence-corrected chi connectivity index (χ4v) is 2.41. The van der Waals surface area contributed by atoms with Gasteiger partial charge in [-0.05, 0) is 12.8 Å². The first kappa shape index (κ1) is 7.53. The van der Waals surface area contributed by atoms with E-state index in [1.165, 1.54) is 0 Å². The van der Waals surface area contributed by atoms with Crippen LogP contribution in [0.1, 0.15) is 12.8 Å². The molecule has 0 radical (unpaired) electrons. The van der Waals surface area contributed by atoms with Gasteiger partial charge >= 0.3 is 0 Å². The van der Waals surface area contributed by atoms with Crippen molar-refractivity contribution in [1.29, 1.82) is 0 Å². The maximum Gasteiger partial charge on any atom is 0.155 e. The first-order chi connectivity index (χ1) is 4.64. The summed E-state index contributed by atoms with van der Waals surface area (Å²) in [6, 6.07) is 0. The molecule has 0 aromatic heterocycles. The quantitative estimate of drug-likeness (QED) is 0.404. The van der Waals surface area contributed by atoms with Crippen LogP contribution >= 0.6 is 0 Å². The zero-order valence-electron chi connectivity index (χ0n) is 5.45. The second-order valence-corrected chi connectivity index (χ2v) is 4.55. The molecular formula is C5H9NO3S. The number of sulfone groups is 1. The molecule has 10 heavy (non-hydrogen) atoms. The normalized spacial score (nSPS) is 28.6. The van der Waals surface area contributed by atoms with Crippen LogP contribution in [0, 0.1) is 0 Å². The number of hydrogen-bond acceptors (Lipinski definition) is 4. The molecule has 0 aromatic carbocycles. The first-order valence-electron chi connectivity index (χ1n) is 3.04. The summed E-state index contributed by atoms with van der Waals surface area (Å²) in [4.78, 5) is 0. The highest BCUT2D eigenvalue weighted by Crippen LogP contribution is 2.08. The molecule has 1 N–H and O–H groups in total. The van der Waals surface area contributed by atoms with Gasteiger partial charge in [0.25, 0.3) is 0 Å². The summed E-state index contributed by atoms with van der Waals surface area (Å²) in [7, 11) is -2.93. The van der Waals surface area contributed by atoms with Crippen molar-refractivity contribution in [1.82, 2.24) is 0 Å². The van der Waals surface area contributed by atoms with E-state index in [-0.39, 0.29) is 11.5 Å². The minimum atomic E-state index is -2.93. The number of rotatable bonds is 0. The fraction of sp³-hybridized carbons (Fsp3) is 0.800. The van der Waals surface area contributed by atoms with E-state index >= 15 is 0 Å². The van der Waals surface area contributed by atoms with Gasteiger partial charge in [0.2, 0.25) is 0 Å². The van der Waals surface area contributed by atoms with Crippen LogP contribution in [0.4, 0.5) is 0 Å². The predicted octanol–water partition coefficient (Wildman–Crippen LogP) is 0.0252. The van der Waals surface area contributed by atoms with Crippen LogP contribution in [0.5, 0.6) is 0 Å². The Kier molecular flexibility index (Phi) is 1.94. The van der Waals surface area contributed by atoms with E-state index in [0.717, 1.165) is 0 Å². The maximum absolute atomic E-state index is 10.8. The van der Waals surface area contributed by atoms with Crippen molar-refractivity contribution in [3.05, 3.63) is 0 Å². The molecule has 1 rings (SSSR count). The SMILES string of the molecule is O=S1(=O)CCC/C(=N\O)C1. The highest BCUT2D eigenvalue weighted by molar-refractivity contribution is 7.92. The number of nitrogens with zero attached hydrogens (tertiary/aromatic N) is 1. The first-order valence-corrected chi connectivity index (χ1v) is 4.86. The van der Waals surface area contributed by atoms with Gasteiger partial charge < -0.3 is 5.21 Å². The minimum absolute atomic E-state index is 0.0660.